The van der Waals surface area contributed by atoms with Crippen LogP contribution in [0.4, 0.5) is 0 Å². The van der Waals surface area contributed by atoms with Crippen LogP contribution in [-0.4, -0.2) is 20.2 Å². The molecule has 0 amide bonds. The molecule has 3 rings (SSSR count). The molecule has 5 heteroatoms. The van der Waals surface area contributed by atoms with Crippen LogP contribution in [0.25, 0.3) is 0 Å². The summed E-state index contributed by atoms with van der Waals surface area (Å²) in [5, 5.41) is 0. The molecule has 0 aromatic heterocycles. The molecule has 0 radical (unpaired) electrons. The van der Waals surface area contributed by atoms with Crippen molar-refractivity contribution >= 4 is 5.97 Å². The lowest BCUT2D eigenvalue weighted by atomic mass is 10.1. The summed E-state index contributed by atoms with van der Waals surface area (Å²) in [5.41, 5.74) is 1.31. The molecule has 3 aromatic rings. The first-order valence-corrected chi connectivity index (χ1v) is 8.41. The molecule has 0 aliphatic heterocycles. The number of methoxy groups -OCH3 is 2. The van der Waals surface area contributed by atoms with Gasteiger partial charge in [0.25, 0.3) is 0 Å². The van der Waals surface area contributed by atoms with Crippen molar-refractivity contribution in [1.29, 1.82) is 0 Å². The van der Waals surface area contributed by atoms with Gasteiger partial charge in [0, 0.05) is 0 Å². The predicted molar refractivity (Wildman–Crippen MR) is 102 cm³/mol. The Bertz CT molecular complexity index is 866. The molecule has 138 valence electrons. The molecule has 0 bridgehead atoms. The minimum absolute atomic E-state index is 0.305. The van der Waals surface area contributed by atoms with Crippen LogP contribution in [-0.2, 0) is 6.61 Å². The van der Waals surface area contributed by atoms with Gasteiger partial charge in [0.1, 0.15) is 12.4 Å². The molecule has 0 atom stereocenters. The van der Waals surface area contributed by atoms with E-state index in [1.807, 2.05) is 36.4 Å². The average Bonchev–Trinajstić information content (AvgIpc) is 2.73. The summed E-state index contributed by atoms with van der Waals surface area (Å²) in [6.07, 6.45) is 0. The molecular formula is C22H20O5. The fraction of sp³-hybridized carbons (Fsp3) is 0.136. The quantitative estimate of drug-likeness (QED) is 0.456. The number of para-hydroxylation sites is 1. The van der Waals surface area contributed by atoms with Crippen LogP contribution in [0.15, 0.2) is 72.8 Å². The van der Waals surface area contributed by atoms with E-state index in [4.69, 9.17) is 18.9 Å². The molecule has 0 aliphatic rings. The molecule has 0 fully saturated rings. The van der Waals surface area contributed by atoms with Crippen LogP contribution in [0.2, 0.25) is 0 Å². The molecule has 0 N–H and O–H groups in total. The summed E-state index contributed by atoms with van der Waals surface area (Å²) in [5.74, 6) is 1.17. The first-order valence-electron chi connectivity index (χ1n) is 8.41. The highest BCUT2D eigenvalue weighted by Crippen LogP contribution is 2.39. The summed E-state index contributed by atoms with van der Waals surface area (Å²) in [6, 6.07) is 21.8. The van der Waals surface area contributed by atoms with Gasteiger partial charge in [-0.05, 0) is 29.8 Å². The number of benzene rings is 3. The number of esters is 1. The smallest absolute Gasteiger partial charge is 0.343 e. The zero-order chi connectivity index (χ0) is 19.1. The molecule has 0 heterocycles. The van der Waals surface area contributed by atoms with Gasteiger partial charge in [-0.1, -0.05) is 48.5 Å². The van der Waals surface area contributed by atoms with Crippen molar-refractivity contribution in [3.63, 3.8) is 0 Å². The van der Waals surface area contributed by atoms with Crippen LogP contribution >= 0.6 is 0 Å². The number of carbonyl (C=O) groups is 1. The lowest BCUT2D eigenvalue weighted by Crippen LogP contribution is -2.10. The van der Waals surface area contributed by atoms with E-state index in [-0.39, 0.29) is 0 Å². The highest BCUT2D eigenvalue weighted by Gasteiger charge is 2.19. The van der Waals surface area contributed by atoms with Crippen LogP contribution in [0, 0.1) is 0 Å². The molecule has 0 spiro atoms. The van der Waals surface area contributed by atoms with Crippen molar-refractivity contribution in [1.82, 2.24) is 0 Å². The first kappa shape index (κ1) is 18.3. The topological polar surface area (TPSA) is 54.0 Å². The maximum absolute atomic E-state index is 12.5. The standard InChI is InChI=1S/C22H20O5/c1-24-19-13-17(22(23)27-18-11-7-4-8-12-18)14-20(25-2)21(19)26-15-16-9-5-3-6-10-16/h3-14H,15H2,1-2H3. The second kappa shape index (κ2) is 8.76. The van der Waals surface area contributed by atoms with Gasteiger partial charge < -0.3 is 18.9 Å². The van der Waals surface area contributed by atoms with Crippen molar-refractivity contribution < 1.29 is 23.7 Å². The maximum Gasteiger partial charge on any atom is 0.343 e. The Morgan fingerprint density at radius 2 is 1.37 bits per heavy atom. The largest absolute Gasteiger partial charge is 0.493 e. The third-order valence-electron chi connectivity index (χ3n) is 3.88. The van der Waals surface area contributed by atoms with Crippen LogP contribution in [0.3, 0.4) is 0 Å². The van der Waals surface area contributed by atoms with Gasteiger partial charge in [0.2, 0.25) is 5.75 Å². The van der Waals surface area contributed by atoms with Gasteiger partial charge in [-0.15, -0.1) is 0 Å². The third-order valence-corrected chi connectivity index (χ3v) is 3.88. The second-order valence-corrected chi connectivity index (χ2v) is 5.69. The Morgan fingerprint density at radius 1 is 0.815 bits per heavy atom. The highest BCUT2D eigenvalue weighted by atomic mass is 16.5. The maximum atomic E-state index is 12.5. The molecule has 0 unspecified atom stereocenters. The Hall–Kier alpha value is -3.47. The van der Waals surface area contributed by atoms with E-state index < -0.39 is 5.97 Å². The summed E-state index contributed by atoms with van der Waals surface area (Å²) < 4.78 is 22.1. The SMILES string of the molecule is COc1cc(C(=O)Oc2ccccc2)cc(OC)c1OCc1ccccc1. The number of hydrogen-bond donors (Lipinski definition) is 0. The van der Waals surface area contributed by atoms with Crippen molar-refractivity contribution in [2.24, 2.45) is 0 Å². The van der Waals surface area contributed by atoms with E-state index in [2.05, 4.69) is 0 Å². The predicted octanol–water partition coefficient (Wildman–Crippen LogP) is 4.50. The molecule has 0 saturated heterocycles. The monoisotopic (exact) mass is 364 g/mol. The van der Waals surface area contributed by atoms with Gasteiger partial charge in [0.05, 0.1) is 19.8 Å². The molecular weight excluding hydrogens is 344 g/mol. The van der Waals surface area contributed by atoms with E-state index in [9.17, 15) is 4.79 Å². The Kier molecular flexibility index (Phi) is 5.94. The van der Waals surface area contributed by atoms with E-state index in [1.54, 1.807) is 36.4 Å². The van der Waals surface area contributed by atoms with Crippen molar-refractivity contribution in [2.45, 2.75) is 6.61 Å². The number of rotatable bonds is 7. The molecule has 27 heavy (non-hydrogen) atoms. The highest BCUT2D eigenvalue weighted by molar-refractivity contribution is 5.92. The van der Waals surface area contributed by atoms with Gasteiger partial charge in [0.15, 0.2) is 11.5 Å². The molecule has 5 nitrogen and oxygen atoms in total. The van der Waals surface area contributed by atoms with Gasteiger partial charge in [-0.2, -0.15) is 0 Å². The number of hydrogen-bond acceptors (Lipinski definition) is 5. The van der Waals surface area contributed by atoms with Gasteiger partial charge in [-0.3, -0.25) is 0 Å². The third kappa shape index (κ3) is 4.58. The van der Waals surface area contributed by atoms with Crippen molar-refractivity contribution in [2.75, 3.05) is 14.2 Å². The summed E-state index contributed by atoms with van der Waals surface area (Å²) >= 11 is 0. The van der Waals surface area contributed by atoms with Crippen LogP contribution in [0.1, 0.15) is 15.9 Å². The minimum Gasteiger partial charge on any atom is -0.493 e. The lowest BCUT2D eigenvalue weighted by molar-refractivity contribution is 0.0734. The fourth-order valence-corrected chi connectivity index (χ4v) is 2.52. The zero-order valence-corrected chi connectivity index (χ0v) is 15.2. The van der Waals surface area contributed by atoms with E-state index in [0.717, 1.165) is 5.56 Å². The zero-order valence-electron chi connectivity index (χ0n) is 15.2. The van der Waals surface area contributed by atoms with Crippen LogP contribution < -0.4 is 18.9 Å². The number of carbonyl (C=O) groups excluding carboxylic acids is 1. The molecule has 0 saturated carbocycles. The van der Waals surface area contributed by atoms with Crippen molar-refractivity contribution in [3.05, 3.63) is 83.9 Å². The van der Waals surface area contributed by atoms with Gasteiger partial charge >= 0.3 is 5.97 Å². The summed E-state index contributed by atoms with van der Waals surface area (Å²) in [6.45, 7) is 0.349. The molecule has 3 aromatic carbocycles. The van der Waals surface area contributed by atoms with E-state index in [0.29, 0.717) is 35.2 Å². The van der Waals surface area contributed by atoms with E-state index in [1.165, 1.54) is 14.2 Å². The van der Waals surface area contributed by atoms with Gasteiger partial charge in [-0.25, -0.2) is 4.79 Å². The second-order valence-electron chi connectivity index (χ2n) is 5.69. The lowest BCUT2D eigenvalue weighted by Gasteiger charge is -2.16. The van der Waals surface area contributed by atoms with Crippen LogP contribution in [0.5, 0.6) is 23.0 Å². The Labute approximate surface area is 158 Å². The average molecular weight is 364 g/mol. The summed E-state index contributed by atoms with van der Waals surface area (Å²) in [7, 11) is 3.02. The fourth-order valence-electron chi connectivity index (χ4n) is 2.52. The normalized spacial score (nSPS) is 10.1. The Balaban J connectivity index is 1.84. The Morgan fingerprint density at radius 3 is 1.93 bits per heavy atom. The summed E-state index contributed by atoms with van der Waals surface area (Å²) in [4.78, 5) is 12.5. The van der Waals surface area contributed by atoms with Crippen molar-refractivity contribution in [3.8, 4) is 23.0 Å². The van der Waals surface area contributed by atoms with E-state index >= 15 is 0 Å². The molecule has 0 aliphatic carbocycles. The first-order chi connectivity index (χ1) is 13.2. The number of ether oxygens (including phenoxy) is 4. The minimum atomic E-state index is -0.507.